The number of hydrogen-bond donors (Lipinski definition) is 0. The predicted octanol–water partition coefficient (Wildman–Crippen LogP) is 1.07. The Bertz CT molecular complexity index is 402. The number of methoxy groups -OCH3 is 2. The number of benzene rings is 1. The van der Waals surface area contributed by atoms with Crippen LogP contribution in [0, 0.1) is 10.1 Å². The molecule has 1 rings (SSSR count). The van der Waals surface area contributed by atoms with Gasteiger partial charge in [0, 0.05) is 11.6 Å². The van der Waals surface area contributed by atoms with E-state index in [2.05, 4.69) is 0 Å². The molecule has 0 spiro atoms. The maximum absolute atomic E-state index is 10.7. The van der Waals surface area contributed by atoms with Gasteiger partial charge in [-0.25, -0.2) is 0 Å². The van der Waals surface area contributed by atoms with Crippen molar-refractivity contribution in [3.8, 4) is 11.5 Å². The van der Waals surface area contributed by atoms with Gasteiger partial charge in [0.2, 0.25) is 12.0 Å². The lowest BCUT2D eigenvalue weighted by molar-refractivity contribution is -0.385. The molecule has 0 aliphatic rings. The first-order valence-electron chi connectivity index (χ1n) is 3.92. The van der Waals surface area contributed by atoms with Crippen molar-refractivity contribution in [2.24, 2.45) is 0 Å². The zero-order chi connectivity index (χ0) is 11.4. The molecule has 0 aromatic heterocycles. The number of nitro groups is 1. The van der Waals surface area contributed by atoms with Crippen LogP contribution < -0.4 is 9.47 Å². The van der Waals surface area contributed by atoms with Crippen LogP contribution in [0.5, 0.6) is 11.5 Å². The summed E-state index contributed by atoms with van der Waals surface area (Å²) in [5.41, 5.74) is -0.283. The van der Waals surface area contributed by atoms with Crippen molar-refractivity contribution in [1.82, 2.24) is 0 Å². The van der Waals surface area contributed by atoms with Crippen molar-refractivity contribution in [2.45, 2.75) is 0 Å². The topological polar surface area (TPSA) is 78.7 Å². The van der Waals surface area contributed by atoms with Crippen LogP contribution in [0.3, 0.4) is 0 Å². The number of carbonyl (C=O) groups excluding carboxylic acids is 1. The maximum atomic E-state index is 10.7. The first-order valence-corrected chi connectivity index (χ1v) is 3.92. The maximum Gasteiger partial charge on any atom is 0.315 e. The van der Waals surface area contributed by atoms with Crippen molar-refractivity contribution in [3.63, 3.8) is 0 Å². The molecule has 1 aromatic rings. The van der Waals surface area contributed by atoms with Crippen LogP contribution in [-0.2, 0) is 4.79 Å². The highest BCUT2D eigenvalue weighted by molar-refractivity contribution is 5.79. The lowest BCUT2D eigenvalue weighted by atomic mass is 10.2. The SMILES string of the molecule is COc1cc([C]=O)cc([N+](=O)[O-])c1OC. The molecule has 15 heavy (non-hydrogen) atoms. The summed E-state index contributed by atoms with van der Waals surface area (Å²) in [6.07, 6.45) is 1.56. The second-order valence-corrected chi connectivity index (χ2v) is 2.59. The highest BCUT2D eigenvalue weighted by Crippen LogP contribution is 2.37. The minimum absolute atomic E-state index is 0.0125. The van der Waals surface area contributed by atoms with Gasteiger partial charge in [-0.1, -0.05) is 0 Å². The summed E-state index contributed by atoms with van der Waals surface area (Å²) in [5.74, 6) is 0.117. The van der Waals surface area contributed by atoms with Crippen LogP contribution in [-0.4, -0.2) is 25.4 Å². The number of hydrogen-bond acceptors (Lipinski definition) is 5. The molecule has 79 valence electrons. The fraction of sp³-hybridized carbons (Fsp3) is 0.222. The molecule has 0 atom stereocenters. The van der Waals surface area contributed by atoms with Crippen LogP contribution in [0.2, 0.25) is 0 Å². The Hall–Kier alpha value is -2.11. The van der Waals surface area contributed by atoms with E-state index in [0.717, 1.165) is 6.07 Å². The van der Waals surface area contributed by atoms with Crippen LogP contribution in [0.15, 0.2) is 12.1 Å². The second kappa shape index (κ2) is 4.41. The van der Waals surface area contributed by atoms with Gasteiger partial charge in [0.1, 0.15) is 0 Å². The van der Waals surface area contributed by atoms with Crippen molar-refractivity contribution < 1.29 is 19.2 Å². The molecule has 0 aliphatic heterocycles. The summed E-state index contributed by atoms with van der Waals surface area (Å²) in [7, 11) is 2.62. The van der Waals surface area contributed by atoms with E-state index in [1.54, 1.807) is 6.29 Å². The molecule has 0 aliphatic carbocycles. The van der Waals surface area contributed by atoms with Gasteiger partial charge in [0.25, 0.3) is 0 Å². The van der Waals surface area contributed by atoms with Crippen LogP contribution in [0.4, 0.5) is 5.69 Å². The molecule has 0 unspecified atom stereocenters. The molecular weight excluding hydrogens is 202 g/mol. The molecule has 0 amide bonds. The van der Waals surface area contributed by atoms with Crippen LogP contribution in [0.25, 0.3) is 0 Å². The fourth-order valence-corrected chi connectivity index (χ4v) is 1.14. The Kier molecular flexibility index (Phi) is 3.22. The third kappa shape index (κ3) is 2.04. The van der Waals surface area contributed by atoms with Gasteiger partial charge in [0.15, 0.2) is 5.75 Å². The van der Waals surface area contributed by atoms with E-state index in [4.69, 9.17) is 9.47 Å². The molecule has 0 N–H and O–H groups in total. The standard InChI is InChI=1S/C9H8NO5/c1-14-8-4-6(5-11)3-7(10(12)13)9(8)15-2/h3-4H,1-2H3. The molecular formula is C9H8NO5. The lowest BCUT2D eigenvalue weighted by Crippen LogP contribution is -1.98. The minimum atomic E-state index is -0.651. The molecule has 0 saturated carbocycles. The van der Waals surface area contributed by atoms with E-state index in [1.807, 2.05) is 0 Å². The van der Waals surface area contributed by atoms with Crippen LogP contribution >= 0.6 is 0 Å². The van der Waals surface area contributed by atoms with Crippen molar-refractivity contribution in [1.29, 1.82) is 0 Å². The number of rotatable bonds is 4. The smallest absolute Gasteiger partial charge is 0.315 e. The summed E-state index contributed by atoms with van der Waals surface area (Å²) in [6.45, 7) is 0. The van der Waals surface area contributed by atoms with Gasteiger partial charge in [-0.15, -0.1) is 0 Å². The van der Waals surface area contributed by atoms with Gasteiger partial charge in [-0.2, -0.15) is 0 Å². The highest BCUT2D eigenvalue weighted by Gasteiger charge is 2.21. The lowest BCUT2D eigenvalue weighted by Gasteiger charge is -2.07. The summed E-state index contributed by atoms with van der Waals surface area (Å²) in [6, 6.07) is 2.40. The van der Waals surface area contributed by atoms with Crippen molar-refractivity contribution in [3.05, 3.63) is 27.8 Å². The fourth-order valence-electron chi connectivity index (χ4n) is 1.14. The summed E-state index contributed by atoms with van der Waals surface area (Å²) in [4.78, 5) is 20.4. The molecule has 0 fully saturated rings. The average molecular weight is 210 g/mol. The molecule has 0 saturated heterocycles. The van der Waals surface area contributed by atoms with Crippen molar-refractivity contribution in [2.75, 3.05) is 14.2 Å². The van der Waals surface area contributed by atoms with Gasteiger partial charge in [-0.05, 0) is 6.07 Å². The molecule has 0 heterocycles. The zero-order valence-electron chi connectivity index (χ0n) is 8.14. The first kappa shape index (κ1) is 11.0. The zero-order valence-corrected chi connectivity index (χ0v) is 8.14. The Labute approximate surface area is 85.6 Å². The molecule has 0 bridgehead atoms. The van der Waals surface area contributed by atoms with Gasteiger partial charge in [0.05, 0.1) is 19.1 Å². The summed E-state index contributed by atoms with van der Waals surface area (Å²) >= 11 is 0. The molecule has 6 nitrogen and oxygen atoms in total. The largest absolute Gasteiger partial charge is 0.493 e. The number of nitrogens with zero attached hydrogens (tertiary/aromatic N) is 1. The van der Waals surface area contributed by atoms with E-state index in [0.29, 0.717) is 0 Å². The van der Waals surface area contributed by atoms with E-state index in [-0.39, 0.29) is 22.7 Å². The molecule has 1 radical (unpaired) electrons. The van der Waals surface area contributed by atoms with Gasteiger partial charge >= 0.3 is 5.69 Å². The monoisotopic (exact) mass is 210 g/mol. The molecule has 6 heteroatoms. The Morgan fingerprint density at radius 1 is 1.33 bits per heavy atom. The van der Waals surface area contributed by atoms with Crippen molar-refractivity contribution >= 4 is 12.0 Å². The summed E-state index contributed by atoms with van der Waals surface area (Å²) in [5, 5.41) is 10.7. The Morgan fingerprint density at radius 2 is 2.00 bits per heavy atom. The van der Waals surface area contributed by atoms with E-state index in [1.165, 1.54) is 20.3 Å². The van der Waals surface area contributed by atoms with Gasteiger partial charge < -0.3 is 9.47 Å². The minimum Gasteiger partial charge on any atom is -0.493 e. The number of nitro benzene ring substituents is 1. The molecule has 1 aromatic carbocycles. The van der Waals surface area contributed by atoms with Gasteiger partial charge in [-0.3, -0.25) is 14.9 Å². The predicted molar refractivity (Wildman–Crippen MR) is 51.0 cm³/mol. The highest BCUT2D eigenvalue weighted by atomic mass is 16.6. The van der Waals surface area contributed by atoms with Crippen LogP contribution in [0.1, 0.15) is 5.56 Å². The quantitative estimate of drug-likeness (QED) is 0.548. The normalized spacial score (nSPS) is 9.47. The Balaban J connectivity index is 3.45. The van der Waals surface area contributed by atoms with E-state index in [9.17, 15) is 14.9 Å². The summed E-state index contributed by atoms with van der Waals surface area (Å²) < 4.78 is 9.69. The second-order valence-electron chi connectivity index (χ2n) is 2.59. The van der Waals surface area contributed by atoms with E-state index < -0.39 is 4.92 Å². The number of ether oxygens (including phenoxy) is 2. The first-order chi connectivity index (χ1) is 7.13. The third-order valence-electron chi connectivity index (χ3n) is 1.77. The average Bonchev–Trinajstić information content (AvgIpc) is 2.26. The van der Waals surface area contributed by atoms with E-state index >= 15 is 0 Å². The Morgan fingerprint density at radius 3 is 2.40 bits per heavy atom. The third-order valence-corrected chi connectivity index (χ3v) is 1.77.